The number of rotatable bonds is 3. The minimum atomic E-state index is 0.169. The number of ether oxygens (including phenoxy) is 1. The second kappa shape index (κ2) is 7.97. The zero-order valence-electron chi connectivity index (χ0n) is 9.99. The molecule has 0 aliphatic rings. The summed E-state index contributed by atoms with van der Waals surface area (Å²) in [6.07, 6.45) is 0. The van der Waals surface area contributed by atoms with Gasteiger partial charge in [-0.2, -0.15) is 0 Å². The third kappa shape index (κ3) is 5.77. The van der Waals surface area contributed by atoms with E-state index in [-0.39, 0.29) is 11.5 Å². The molecule has 0 aliphatic heterocycles. The van der Waals surface area contributed by atoms with Gasteiger partial charge in [0.05, 0.1) is 0 Å². The van der Waals surface area contributed by atoms with Crippen LogP contribution in [0.15, 0.2) is 54.6 Å². The Labute approximate surface area is 106 Å². The first-order valence-electron chi connectivity index (χ1n) is 5.58. The Morgan fingerprint density at radius 3 is 1.78 bits per heavy atom. The summed E-state index contributed by atoms with van der Waals surface area (Å²) in [6.45, 7) is 1.15. The van der Waals surface area contributed by atoms with Crippen LogP contribution in [0.2, 0.25) is 0 Å². The Morgan fingerprint density at radius 1 is 0.833 bits per heavy atom. The smallest absolute Gasteiger partial charge is 0.119 e. The Hall–Kier alpha value is -2.20. The highest BCUT2D eigenvalue weighted by Gasteiger charge is 1.86. The van der Waals surface area contributed by atoms with Crippen molar-refractivity contribution < 1.29 is 14.9 Å². The number of para-hydroxylation sites is 1. The normalized spacial score (nSPS) is 9.17. The molecule has 0 saturated carbocycles. The second-order valence-electron chi connectivity index (χ2n) is 3.47. The summed E-state index contributed by atoms with van der Waals surface area (Å²) >= 11 is 0. The van der Waals surface area contributed by atoms with Gasteiger partial charge in [-0.1, -0.05) is 18.2 Å². The van der Waals surface area contributed by atoms with Gasteiger partial charge in [0.25, 0.3) is 0 Å². The number of benzene rings is 2. The summed E-state index contributed by atoms with van der Waals surface area (Å²) < 4.78 is 5.23. The maximum atomic E-state index is 8.65. The Bertz CT molecular complexity index is 408. The topological polar surface area (TPSA) is 75.7 Å². The van der Waals surface area contributed by atoms with E-state index < -0.39 is 0 Å². The van der Waals surface area contributed by atoms with E-state index in [9.17, 15) is 0 Å². The largest absolute Gasteiger partial charge is 0.508 e. The number of phenols is 2. The molecule has 18 heavy (non-hydrogen) atoms. The molecule has 0 heterocycles. The quantitative estimate of drug-likeness (QED) is 0.726. The van der Waals surface area contributed by atoms with E-state index in [0.29, 0.717) is 13.2 Å². The lowest BCUT2D eigenvalue weighted by Crippen LogP contribution is -2.10. The predicted octanol–water partition coefficient (Wildman–Crippen LogP) is 2.12. The molecular formula is C14H17NO3. The molecule has 4 N–H and O–H groups in total. The van der Waals surface area contributed by atoms with E-state index in [1.54, 1.807) is 0 Å². The fourth-order valence-corrected chi connectivity index (χ4v) is 1.15. The lowest BCUT2D eigenvalue weighted by Gasteiger charge is -2.01. The molecule has 4 nitrogen and oxygen atoms in total. The summed E-state index contributed by atoms with van der Waals surface area (Å²) in [5.41, 5.74) is 5.25. The van der Waals surface area contributed by atoms with Crippen molar-refractivity contribution in [2.45, 2.75) is 0 Å². The number of phenolic OH excluding ortho intramolecular Hbond substituents is 2. The van der Waals surface area contributed by atoms with E-state index in [4.69, 9.17) is 20.7 Å². The van der Waals surface area contributed by atoms with Crippen molar-refractivity contribution in [2.75, 3.05) is 13.2 Å². The molecule has 0 atom stereocenters. The van der Waals surface area contributed by atoms with Crippen LogP contribution in [0.1, 0.15) is 0 Å². The Kier molecular flexibility index (Phi) is 6.14. The summed E-state index contributed by atoms with van der Waals surface area (Å²) in [4.78, 5) is 0. The molecule has 0 saturated heterocycles. The number of hydrogen-bond acceptors (Lipinski definition) is 4. The summed E-state index contributed by atoms with van der Waals surface area (Å²) in [7, 11) is 0. The SMILES string of the molecule is NCCOc1ccccc1.Oc1ccc(O)cc1. The predicted molar refractivity (Wildman–Crippen MR) is 70.8 cm³/mol. The van der Waals surface area contributed by atoms with Gasteiger partial charge in [-0.05, 0) is 36.4 Å². The maximum Gasteiger partial charge on any atom is 0.119 e. The molecule has 4 heteroatoms. The first-order chi connectivity index (χ1) is 8.72. The second-order valence-corrected chi connectivity index (χ2v) is 3.47. The molecule has 0 radical (unpaired) electrons. The molecule has 96 valence electrons. The van der Waals surface area contributed by atoms with E-state index >= 15 is 0 Å². The molecular weight excluding hydrogens is 230 g/mol. The minimum Gasteiger partial charge on any atom is -0.508 e. The molecule has 0 amide bonds. The number of aromatic hydroxyl groups is 2. The summed E-state index contributed by atoms with van der Waals surface area (Å²) in [5.74, 6) is 1.22. The van der Waals surface area contributed by atoms with Crippen LogP contribution in [0.4, 0.5) is 0 Å². The van der Waals surface area contributed by atoms with Gasteiger partial charge in [0.15, 0.2) is 0 Å². The average Bonchev–Trinajstić information content (AvgIpc) is 2.42. The third-order valence-electron chi connectivity index (χ3n) is 1.98. The van der Waals surface area contributed by atoms with Crippen LogP contribution in [-0.4, -0.2) is 23.4 Å². The highest BCUT2D eigenvalue weighted by Crippen LogP contribution is 2.13. The molecule has 2 aromatic carbocycles. The Balaban J connectivity index is 0.000000184. The van der Waals surface area contributed by atoms with Gasteiger partial charge in [0.2, 0.25) is 0 Å². The molecule has 2 rings (SSSR count). The van der Waals surface area contributed by atoms with Crippen molar-refractivity contribution >= 4 is 0 Å². The third-order valence-corrected chi connectivity index (χ3v) is 1.98. The van der Waals surface area contributed by atoms with Crippen molar-refractivity contribution in [3.8, 4) is 17.2 Å². The molecule has 2 aromatic rings. The standard InChI is InChI=1S/C8H11NO.C6H6O2/c9-6-7-10-8-4-2-1-3-5-8;7-5-1-2-6(8)4-3-5/h1-5H,6-7,9H2;1-4,7-8H. The first kappa shape index (κ1) is 13.9. The van der Waals surface area contributed by atoms with Crippen LogP contribution in [0.3, 0.4) is 0 Å². The van der Waals surface area contributed by atoms with Crippen LogP contribution in [0.5, 0.6) is 17.2 Å². The van der Waals surface area contributed by atoms with Crippen LogP contribution in [0.25, 0.3) is 0 Å². The van der Waals surface area contributed by atoms with E-state index in [2.05, 4.69) is 0 Å². The van der Waals surface area contributed by atoms with E-state index in [1.165, 1.54) is 24.3 Å². The molecule has 0 unspecified atom stereocenters. The summed E-state index contributed by atoms with van der Waals surface area (Å²) in [6, 6.07) is 15.4. The van der Waals surface area contributed by atoms with Crippen LogP contribution < -0.4 is 10.5 Å². The lowest BCUT2D eigenvalue weighted by atomic mass is 10.3. The fourth-order valence-electron chi connectivity index (χ4n) is 1.15. The van der Waals surface area contributed by atoms with Crippen LogP contribution in [0, 0.1) is 0 Å². The number of nitrogens with two attached hydrogens (primary N) is 1. The van der Waals surface area contributed by atoms with Gasteiger partial charge >= 0.3 is 0 Å². The molecule has 0 bridgehead atoms. The first-order valence-corrected chi connectivity index (χ1v) is 5.58. The van der Waals surface area contributed by atoms with Crippen molar-refractivity contribution in [3.63, 3.8) is 0 Å². The molecule has 0 spiro atoms. The van der Waals surface area contributed by atoms with E-state index in [0.717, 1.165) is 5.75 Å². The number of hydrogen-bond donors (Lipinski definition) is 3. The average molecular weight is 247 g/mol. The monoisotopic (exact) mass is 247 g/mol. The van der Waals surface area contributed by atoms with E-state index in [1.807, 2.05) is 30.3 Å². The lowest BCUT2D eigenvalue weighted by molar-refractivity contribution is 0.328. The van der Waals surface area contributed by atoms with Crippen LogP contribution >= 0.6 is 0 Å². The van der Waals surface area contributed by atoms with Gasteiger partial charge in [-0.3, -0.25) is 0 Å². The zero-order chi connectivity index (χ0) is 13.2. The van der Waals surface area contributed by atoms with Crippen molar-refractivity contribution in [2.24, 2.45) is 5.73 Å². The van der Waals surface area contributed by atoms with Gasteiger partial charge in [0, 0.05) is 6.54 Å². The van der Waals surface area contributed by atoms with Gasteiger partial charge in [-0.25, -0.2) is 0 Å². The van der Waals surface area contributed by atoms with Crippen LogP contribution in [-0.2, 0) is 0 Å². The molecule has 0 fully saturated rings. The minimum absolute atomic E-state index is 0.169. The molecule has 0 aliphatic carbocycles. The summed E-state index contributed by atoms with van der Waals surface area (Å²) in [5, 5.41) is 17.3. The molecule has 0 aromatic heterocycles. The maximum absolute atomic E-state index is 8.65. The highest BCUT2D eigenvalue weighted by molar-refractivity contribution is 5.28. The van der Waals surface area contributed by atoms with Gasteiger partial charge < -0.3 is 20.7 Å². The van der Waals surface area contributed by atoms with Crippen molar-refractivity contribution in [1.82, 2.24) is 0 Å². The van der Waals surface area contributed by atoms with Crippen molar-refractivity contribution in [1.29, 1.82) is 0 Å². The zero-order valence-corrected chi connectivity index (χ0v) is 9.99. The fraction of sp³-hybridized carbons (Fsp3) is 0.143. The highest BCUT2D eigenvalue weighted by atomic mass is 16.5. The van der Waals surface area contributed by atoms with Crippen molar-refractivity contribution in [3.05, 3.63) is 54.6 Å². The van der Waals surface area contributed by atoms with Gasteiger partial charge in [0.1, 0.15) is 23.9 Å². The van der Waals surface area contributed by atoms with Gasteiger partial charge in [-0.15, -0.1) is 0 Å². The Morgan fingerprint density at radius 2 is 1.33 bits per heavy atom.